The molecule has 2 aromatic carbocycles. The Hall–Kier alpha value is -3.16. The van der Waals surface area contributed by atoms with Gasteiger partial charge in [-0.1, -0.05) is 18.2 Å². The number of hydrogen-bond donors (Lipinski definition) is 2. The molecular weight excluding hydrogens is 360 g/mol. The average molecular weight is 376 g/mol. The smallest absolute Gasteiger partial charge is 0.366 e. The van der Waals surface area contributed by atoms with Crippen LogP contribution in [-0.4, -0.2) is 9.97 Å². The van der Waals surface area contributed by atoms with Crippen molar-refractivity contribution in [3.05, 3.63) is 77.2 Å². The van der Waals surface area contributed by atoms with Gasteiger partial charge < -0.3 is 10.6 Å². The first kappa shape index (κ1) is 18.6. The van der Waals surface area contributed by atoms with E-state index in [0.717, 1.165) is 17.7 Å². The molecule has 3 rings (SSSR count). The largest absolute Gasteiger partial charge is 0.416 e. The van der Waals surface area contributed by atoms with Gasteiger partial charge in [-0.25, -0.2) is 9.37 Å². The number of benzene rings is 2. The Morgan fingerprint density at radius 3 is 2.41 bits per heavy atom. The molecule has 8 heteroatoms. The molecule has 0 aliphatic rings. The molecule has 0 atom stereocenters. The molecule has 0 aliphatic heterocycles. The van der Waals surface area contributed by atoms with Crippen LogP contribution in [0.1, 0.15) is 16.8 Å². The molecule has 140 valence electrons. The van der Waals surface area contributed by atoms with Crippen molar-refractivity contribution in [3.63, 3.8) is 0 Å². The zero-order valence-electron chi connectivity index (χ0n) is 14.3. The van der Waals surface area contributed by atoms with Crippen molar-refractivity contribution in [2.45, 2.75) is 19.6 Å². The lowest BCUT2D eigenvalue weighted by Crippen LogP contribution is -2.07. The number of halogens is 4. The molecule has 0 fully saturated rings. The van der Waals surface area contributed by atoms with E-state index in [1.165, 1.54) is 24.3 Å². The van der Waals surface area contributed by atoms with E-state index in [2.05, 4.69) is 20.6 Å². The van der Waals surface area contributed by atoms with Gasteiger partial charge in [-0.3, -0.25) is 0 Å². The molecule has 0 bridgehead atoms. The highest BCUT2D eigenvalue weighted by atomic mass is 19.4. The van der Waals surface area contributed by atoms with Gasteiger partial charge in [0.2, 0.25) is 5.95 Å². The Labute approximate surface area is 153 Å². The number of rotatable bonds is 5. The third-order valence-electron chi connectivity index (χ3n) is 3.69. The molecule has 0 radical (unpaired) electrons. The van der Waals surface area contributed by atoms with Crippen LogP contribution in [-0.2, 0) is 12.7 Å². The molecule has 0 amide bonds. The molecule has 0 saturated carbocycles. The predicted molar refractivity (Wildman–Crippen MR) is 95.2 cm³/mol. The lowest BCUT2D eigenvalue weighted by Gasteiger charge is -2.12. The minimum absolute atomic E-state index is 0.177. The lowest BCUT2D eigenvalue weighted by atomic mass is 10.2. The first-order chi connectivity index (χ1) is 12.8. The van der Waals surface area contributed by atoms with Gasteiger partial charge in [0.1, 0.15) is 11.6 Å². The number of anilines is 3. The third-order valence-corrected chi connectivity index (χ3v) is 3.69. The van der Waals surface area contributed by atoms with Crippen molar-refractivity contribution >= 4 is 17.5 Å². The van der Waals surface area contributed by atoms with Crippen LogP contribution in [0.2, 0.25) is 0 Å². The second-order valence-corrected chi connectivity index (χ2v) is 5.90. The van der Waals surface area contributed by atoms with E-state index in [1.54, 1.807) is 25.1 Å². The van der Waals surface area contributed by atoms with E-state index in [-0.39, 0.29) is 17.5 Å². The molecule has 0 spiro atoms. The van der Waals surface area contributed by atoms with Crippen LogP contribution >= 0.6 is 0 Å². The van der Waals surface area contributed by atoms with Gasteiger partial charge >= 0.3 is 6.18 Å². The summed E-state index contributed by atoms with van der Waals surface area (Å²) in [6.45, 7) is 2.17. The Bertz CT molecular complexity index is 924. The van der Waals surface area contributed by atoms with Crippen LogP contribution in [0.15, 0.2) is 54.6 Å². The maximum atomic E-state index is 12.9. The van der Waals surface area contributed by atoms with Gasteiger partial charge in [0.15, 0.2) is 0 Å². The summed E-state index contributed by atoms with van der Waals surface area (Å²) in [7, 11) is 0. The molecular formula is C19H16F4N4. The maximum absolute atomic E-state index is 12.9. The summed E-state index contributed by atoms with van der Waals surface area (Å²) in [6, 6.07) is 12.6. The monoisotopic (exact) mass is 376 g/mol. The molecule has 0 saturated heterocycles. The maximum Gasteiger partial charge on any atom is 0.416 e. The van der Waals surface area contributed by atoms with Crippen molar-refractivity contribution < 1.29 is 17.6 Å². The number of nitrogens with one attached hydrogen (secondary N) is 2. The molecule has 4 nitrogen and oxygen atoms in total. The van der Waals surface area contributed by atoms with Gasteiger partial charge in [-0.15, -0.1) is 0 Å². The van der Waals surface area contributed by atoms with E-state index in [4.69, 9.17) is 0 Å². The highest BCUT2D eigenvalue weighted by Crippen LogP contribution is 2.31. The van der Waals surface area contributed by atoms with Crippen LogP contribution in [0.4, 0.5) is 35.0 Å². The first-order valence-corrected chi connectivity index (χ1v) is 8.08. The first-order valence-electron chi connectivity index (χ1n) is 8.08. The van der Waals surface area contributed by atoms with Gasteiger partial charge in [-0.05, 0) is 42.8 Å². The Balaban J connectivity index is 1.74. The number of nitrogens with zero attached hydrogens (tertiary/aromatic N) is 2. The van der Waals surface area contributed by atoms with E-state index < -0.39 is 11.7 Å². The van der Waals surface area contributed by atoms with Crippen molar-refractivity contribution in [1.29, 1.82) is 0 Å². The van der Waals surface area contributed by atoms with Gasteiger partial charge in [0.05, 0.1) is 5.56 Å². The summed E-state index contributed by atoms with van der Waals surface area (Å²) in [5, 5.41) is 5.88. The lowest BCUT2D eigenvalue weighted by molar-refractivity contribution is -0.137. The highest BCUT2D eigenvalue weighted by Gasteiger charge is 2.30. The molecule has 3 aromatic rings. The van der Waals surface area contributed by atoms with Crippen LogP contribution in [0.25, 0.3) is 0 Å². The zero-order chi connectivity index (χ0) is 19.4. The second kappa shape index (κ2) is 7.61. The van der Waals surface area contributed by atoms with Crippen LogP contribution < -0.4 is 10.6 Å². The van der Waals surface area contributed by atoms with E-state index >= 15 is 0 Å². The second-order valence-electron chi connectivity index (χ2n) is 5.90. The highest BCUT2D eigenvalue weighted by molar-refractivity contribution is 5.56. The zero-order valence-corrected chi connectivity index (χ0v) is 14.3. The molecule has 27 heavy (non-hydrogen) atoms. The topological polar surface area (TPSA) is 49.8 Å². The van der Waals surface area contributed by atoms with E-state index in [9.17, 15) is 17.6 Å². The van der Waals surface area contributed by atoms with Crippen molar-refractivity contribution in [3.8, 4) is 0 Å². The van der Waals surface area contributed by atoms with Crippen LogP contribution in [0.3, 0.4) is 0 Å². The normalized spacial score (nSPS) is 11.3. The summed E-state index contributed by atoms with van der Waals surface area (Å²) in [6.07, 6.45) is -4.42. The Kier molecular flexibility index (Phi) is 5.25. The Morgan fingerprint density at radius 2 is 1.70 bits per heavy atom. The summed E-state index contributed by atoms with van der Waals surface area (Å²) in [5.74, 6) is 0.362. The number of alkyl halides is 3. The SMILES string of the molecule is Cc1cc(NCc2ccc(F)cc2)nc(Nc2cccc(C(F)(F)F)c2)n1. The molecule has 0 unspecified atom stereocenters. The number of hydrogen-bond acceptors (Lipinski definition) is 4. The average Bonchev–Trinajstić information content (AvgIpc) is 2.60. The minimum atomic E-state index is -4.42. The molecule has 1 aromatic heterocycles. The van der Waals surface area contributed by atoms with Crippen molar-refractivity contribution in [1.82, 2.24) is 9.97 Å². The van der Waals surface area contributed by atoms with Gasteiger partial charge in [0.25, 0.3) is 0 Å². The summed E-state index contributed by atoms with van der Waals surface area (Å²) < 4.78 is 51.4. The third kappa shape index (κ3) is 5.16. The standard InChI is InChI=1S/C19H16F4N4/c1-12-9-17(24-11-13-5-7-15(20)8-6-13)27-18(25-12)26-16-4-2-3-14(10-16)19(21,22)23/h2-10H,11H2,1H3,(H2,24,25,26,27). The summed E-state index contributed by atoms with van der Waals surface area (Å²) in [5.41, 5.74) is 0.982. The fourth-order valence-corrected chi connectivity index (χ4v) is 2.41. The summed E-state index contributed by atoms with van der Waals surface area (Å²) >= 11 is 0. The minimum Gasteiger partial charge on any atom is -0.366 e. The molecule has 1 heterocycles. The van der Waals surface area contributed by atoms with Crippen molar-refractivity contribution in [2.24, 2.45) is 0 Å². The number of aromatic nitrogens is 2. The molecule has 2 N–H and O–H groups in total. The number of aryl methyl sites for hydroxylation is 1. The quantitative estimate of drug-likeness (QED) is 0.594. The predicted octanol–water partition coefficient (Wildman–Crippen LogP) is 5.30. The van der Waals surface area contributed by atoms with E-state index in [1.807, 2.05) is 0 Å². The van der Waals surface area contributed by atoms with Gasteiger partial charge in [-0.2, -0.15) is 18.2 Å². The molecule has 0 aliphatic carbocycles. The van der Waals surface area contributed by atoms with E-state index in [0.29, 0.717) is 18.1 Å². The fraction of sp³-hybridized carbons (Fsp3) is 0.158. The van der Waals surface area contributed by atoms with Crippen LogP contribution in [0.5, 0.6) is 0 Å². The van der Waals surface area contributed by atoms with Gasteiger partial charge in [0, 0.05) is 24.0 Å². The van der Waals surface area contributed by atoms with Crippen molar-refractivity contribution in [2.75, 3.05) is 10.6 Å². The fourth-order valence-electron chi connectivity index (χ4n) is 2.41. The summed E-state index contributed by atoms with van der Waals surface area (Å²) in [4.78, 5) is 8.46. The Morgan fingerprint density at radius 1 is 0.963 bits per heavy atom. The van der Waals surface area contributed by atoms with Crippen LogP contribution in [0, 0.1) is 12.7 Å².